The van der Waals surface area contributed by atoms with Crippen molar-refractivity contribution in [2.45, 2.75) is 60.4 Å². The molecule has 0 heterocycles. The Balaban J connectivity index is 4.22. The van der Waals surface area contributed by atoms with Crippen molar-refractivity contribution >= 4 is 0 Å². The van der Waals surface area contributed by atoms with Crippen molar-refractivity contribution in [1.82, 2.24) is 5.32 Å². The molecule has 1 atom stereocenters. The van der Waals surface area contributed by atoms with Gasteiger partial charge in [-0.3, -0.25) is 0 Å². The first-order chi connectivity index (χ1) is 5.94. The highest BCUT2D eigenvalue weighted by Gasteiger charge is 2.27. The van der Waals surface area contributed by atoms with Gasteiger partial charge in [-0.25, -0.2) is 0 Å². The van der Waals surface area contributed by atoms with Crippen LogP contribution in [0.1, 0.15) is 54.4 Å². The smallest absolute Gasteiger partial charge is 0.0120 e. The van der Waals surface area contributed by atoms with Crippen molar-refractivity contribution in [1.29, 1.82) is 0 Å². The molecule has 0 fully saturated rings. The van der Waals surface area contributed by atoms with Crippen LogP contribution in [0.4, 0.5) is 0 Å². The Morgan fingerprint density at radius 2 is 1.69 bits per heavy atom. The van der Waals surface area contributed by atoms with E-state index >= 15 is 0 Å². The lowest BCUT2D eigenvalue weighted by Gasteiger charge is -2.35. The maximum Gasteiger partial charge on any atom is 0.0120 e. The fourth-order valence-electron chi connectivity index (χ4n) is 1.64. The van der Waals surface area contributed by atoms with Gasteiger partial charge >= 0.3 is 0 Å². The first-order valence-electron chi connectivity index (χ1n) is 5.67. The second kappa shape index (κ2) is 5.64. The molecule has 0 bridgehead atoms. The van der Waals surface area contributed by atoms with Crippen LogP contribution in [-0.4, -0.2) is 12.6 Å². The monoisotopic (exact) mass is 185 g/mol. The SMILES string of the molecule is CCNC(CC(C)C)C(C)(C)CC. The van der Waals surface area contributed by atoms with Crippen molar-refractivity contribution in [3.63, 3.8) is 0 Å². The third-order valence-electron chi connectivity index (χ3n) is 3.01. The zero-order chi connectivity index (χ0) is 10.5. The summed E-state index contributed by atoms with van der Waals surface area (Å²) in [7, 11) is 0. The summed E-state index contributed by atoms with van der Waals surface area (Å²) in [6, 6.07) is 0.669. The minimum Gasteiger partial charge on any atom is -0.314 e. The first-order valence-corrected chi connectivity index (χ1v) is 5.67. The van der Waals surface area contributed by atoms with Gasteiger partial charge < -0.3 is 5.32 Å². The minimum absolute atomic E-state index is 0.431. The van der Waals surface area contributed by atoms with Gasteiger partial charge in [-0.2, -0.15) is 0 Å². The molecule has 0 aliphatic carbocycles. The lowest BCUT2D eigenvalue weighted by atomic mass is 9.78. The molecule has 0 spiro atoms. The van der Waals surface area contributed by atoms with E-state index in [1.165, 1.54) is 12.8 Å². The number of hydrogen-bond acceptors (Lipinski definition) is 1. The van der Waals surface area contributed by atoms with Crippen LogP contribution in [0.3, 0.4) is 0 Å². The third-order valence-corrected chi connectivity index (χ3v) is 3.01. The van der Waals surface area contributed by atoms with Crippen LogP contribution in [0.5, 0.6) is 0 Å². The molecule has 0 amide bonds. The van der Waals surface area contributed by atoms with Crippen molar-refractivity contribution in [3.05, 3.63) is 0 Å². The average molecular weight is 185 g/mol. The Hall–Kier alpha value is -0.0400. The summed E-state index contributed by atoms with van der Waals surface area (Å²) in [4.78, 5) is 0. The summed E-state index contributed by atoms with van der Waals surface area (Å²) < 4.78 is 0. The molecular formula is C12H27N. The van der Waals surface area contributed by atoms with Crippen molar-refractivity contribution < 1.29 is 0 Å². The highest BCUT2D eigenvalue weighted by molar-refractivity contribution is 4.83. The van der Waals surface area contributed by atoms with Gasteiger partial charge in [-0.1, -0.05) is 41.5 Å². The zero-order valence-corrected chi connectivity index (χ0v) is 10.3. The molecule has 13 heavy (non-hydrogen) atoms. The third kappa shape index (κ3) is 4.66. The maximum absolute atomic E-state index is 3.61. The predicted octanol–water partition coefficient (Wildman–Crippen LogP) is 3.45. The molecule has 0 aliphatic heterocycles. The highest BCUT2D eigenvalue weighted by Crippen LogP contribution is 2.28. The molecule has 80 valence electrons. The van der Waals surface area contributed by atoms with Crippen LogP contribution < -0.4 is 5.32 Å². The standard InChI is InChI=1S/C12H27N/c1-7-12(5,6)11(13-8-2)9-10(3)4/h10-11,13H,7-9H2,1-6H3. The van der Waals surface area contributed by atoms with Crippen LogP contribution in [0.25, 0.3) is 0 Å². The Kier molecular flexibility index (Phi) is 5.62. The van der Waals surface area contributed by atoms with Crippen LogP contribution in [-0.2, 0) is 0 Å². The van der Waals surface area contributed by atoms with Crippen molar-refractivity contribution in [2.75, 3.05) is 6.54 Å². The Morgan fingerprint density at radius 3 is 2.00 bits per heavy atom. The summed E-state index contributed by atoms with van der Waals surface area (Å²) in [5.74, 6) is 0.787. The topological polar surface area (TPSA) is 12.0 Å². The normalized spacial score (nSPS) is 15.0. The van der Waals surface area contributed by atoms with Crippen molar-refractivity contribution in [3.8, 4) is 0 Å². The zero-order valence-electron chi connectivity index (χ0n) is 10.3. The van der Waals surface area contributed by atoms with E-state index in [1.54, 1.807) is 0 Å². The summed E-state index contributed by atoms with van der Waals surface area (Å²) in [5.41, 5.74) is 0.431. The molecule has 0 saturated heterocycles. The number of hydrogen-bond donors (Lipinski definition) is 1. The van der Waals surface area contributed by atoms with E-state index in [9.17, 15) is 0 Å². The molecule has 0 rings (SSSR count). The van der Waals surface area contributed by atoms with E-state index in [2.05, 4.69) is 46.9 Å². The molecule has 0 aromatic rings. The molecule has 0 radical (unpaired) electrons. The quantitative estimate of drug-likeness (QED) is 0.668. The fraction of sp³-hybridized carbons (Fsp3) is 1.00. The van der Waals surface area contributed by atoms with E-state index in [-0.39, 0.29) is 0 Å². The molecule has 1 heteroatoms. The van der Waals surface area contributed by atoms with Crippen LogP contribution in [0, 0.1) is 11.3 Å². The molecule has 0 aliphatic rings. The highest BCUT2D eigenvalue weighted by atomic mass is 14.9. The van der Waals surface area contributed by atoms with Gasteiger partial charge in [0.05, 0.1) is 0 Å². The fourth-order valence-corrected chi connectivity index (χ4v) is 1.64. The molecular weight excluding hydrogens is 158 g/mol. The Labute approximate surface area is 84.3 Å². The van der Waals surface area contributed by atoms with E-state index in [0.29, 0.717) is 11.5 Å². The molecule has 1 nitrogen and oxygen atoms in total. The van der Waals surface area contributed by atoms with Gasteiger partial charge in [0, 0.05) is 6.04 Å². The number of nitrogens with one attached hydrogen (secondary N) is 1. The lowest BCUT2D eigenvalue weighted by Crippen LogP contribution is -2.42. The average Bonchev–Trinajstić information content (AvgIpc) is 2.03. The van der Waals surface area contributed by atoms with Gasteiger partial charge in [0.1, 0.15) is 0 Å². The second-order valence-corrected chi connectivity index (χ2v) is 5.08. The predicted molar refractivity (Wildman–Crippen MR) is 61.0 cm³/mol. The van der Waals surface area contributed by atoms with Crippen LogP contribution >= 0.6 is 0 Å². The Morgan fingerprint density at radius 1 is 1.15 bits per heavy atom. The molecule has 1 unspecified atom stereocenters. The molecule has 0 aromatic heterocycles. The van der Waals surface area contributed by atoms with Gasteiger partial charge in [-0.05, 0) is 30.7 Å². The summed E-state index contributed by atoms with van der Waals surface area (Å²) in [6.45, 7) is 14.9. The van der Waals surface area contributed by atoms with E-state index < -0.39 is 0 Å². The second-order valence-electron chi connectivity index (χ2n) is 5.08. The van der Waals surface area contributed by atoms with E-state index in [4.69, 9.17) is 0 Å². The number of rotatable bonds is 6. The van der Waals surface area contributed by atoms with Crippen LogP contribution in [0.2, 0.25) is 0 Å². The summed E-state index contributed by atoms with van der Waals surface area (Å²) in [5, 5.41) is 3.61. The van der Waals surface area contributed by atoms with E-state index in [0.717, 1.165) is 12.5 Å². The van der Waals surface area contributed by atoms with E-state index in [1.807, 2.05) is 0 Å². The Bertz CT molecular complexity index is 127. The van der Waals surface area contributed by atoms with Crippen molar-refractivity contribution in [2.24, 2.45) is 11.3 Å². The summed E-state index contributed by atoms with van der Waals surface area (Å²) in [6.07, 6.45) is 2.53. The van der Waals surface area contributed by atoms with Gasteiger partial charge in [-0.15, -0.1) is 0 Å². The van der Waals surface area contributed by atoms with Gasteiger partial charge in [0.2, 0.25) is 0 Å². The van der Waals surface area contributed by atoms with Crippen LogP contribution in [0.15, 0.2) is 0 Å². The van der Waals surface area contributed by atoms with Gasteiger partial charge in [0.15, 0.2) is 0 Å². The maximum atomic E-state index is 3.61. The molecule has 0 saturated carbocycles. The summed E-state index contributed by atoms with van der Waals surface area (Å²) >= 11 is 0. The lowest BCUT2D eigenvalue weighted by molar-refractivity contribution is 0.206. The minimum atomic E-state index is 0.431. The molecule has 0 aromatic carbocycles. The van der Waals surface area contributed by atoms with Gasteiger partial charge in [0.25, 0.3) is 0 Å². The largest absolute Gasteiger partial charge is 0.314 e. The first kappa shape index (κ1) is 13.0. The molecule has 1 N–H and O–H groups in total.